The second kappa shape index (κ2) is 8.33. The van der Waals surface area contributed by atoms with E-state index < -0.39 is 17.8 Å². The number of rotatable bonds is 3. The van der Waals surface area contributed by atoms with Gasteiger partial charge in [-0.15, -0.1) is 0 Å². The monoisotopic (exact) mass is 446 g/mol. The Kier molecular flexibility index (Phi) is 5.56. The fourth-order valence-corrected chi connectivity index (χ4v) is 3.28. The highest BCUT2D eigenvalue weighted by molar-refractivity contribution is 5.95. The quantitative estimate of drug-likeness (QED) is 0.656. The summed E-state index contributed by atoms with van der Waals surface area (Å²) >= 11 is 0. The lowest BCUT2D eigenvalue weighted by molar-refractivity contribution is -0.137. The Morgan fingerprint density at radius 1 is 0.969 bits per heavy atom. The third kappa shape index (κ3) is 4.56. The van der Waals surface area contributed by atoms with Crippen LogP contribution in [0.1, 0.15) is 16.1 Å². The molecule has 0 unspecified atom stereocenters. The third-order valence-corrected chi connectivity index (χ3v) is 5.00. The Morgan fingerprint density at radius 3 is 2.31 bits per heavy atom. The Bertz CT molecular complexity index is 1160. The topological polar surface area (TPSA) is 95.9 Å². The number of piperazine rings is 1. The smallest absolute Gasteiger partial charge is 0.417 e. The molecule has 0 aliphatic carbocycles. The summed E-state index contributed by atoms with van der Waals surface area (Å²) in [7, 11) is 0. The third-order valence-electron chi connectivity index (χ3n) is 5.00. The van der Waals surface area contributed by atoms with Crippen molar-refractivity contribution in [1.82, 2.24) is 19.8 Å². The molecule has 1 aliphatic rings. The number of hydrogen-bond acceptors (Lipinski definition) is 5. The van der Waals surface area contributed by atoms with E-state index in [0.29, 0.717) is 22.8 Å². The van der Waals surface area contributed by atoms with Crippen molar-refractivity contribution in [2.24, 2.45) is 0 Å². The maximum Gasteiger partial charge on any atom is 0.417 e. The predicted octanol–water partition coefficient (Wildman–Crippen LogP) is 3.88. The molecule has 1 fully saturated rings. The number of carbonyl (C=O) groups is 2. The van der Waals surface area contributed by atoms with Crippen molar-refractivity contribution in [3.05, 3.63) is 59.9 Å². The second-order valence-electron chi connectivity index (χ2n) is 7.10. The van der Waals surface area contributed by atoms with Gasteiger partial charge in [-0.05, 0) is 30.3 Å². The predicted molar refractivity (Wildman–Crippen MR) is 107 cm³/mol. The average molecular weight is 446 g/mol. The van der Waals surface area contributed by atoms with E-state index in [2.05, 4.69) is 9.97 Å². The van der Waals surface area contributed by atoms with E-state index >= 15 is 0 Å². The van der Waals surface area contributed by atoms with E-state index in [1.165, 1.54) is 4.90 Å². The molecule has 11 heteroatoms. The molecule has 2 amide bonds. The summed E-state index contributed by atoms with van der Waals surface area (Å²) < 4.78 is 43.4. The number of hydrogen-bond donors (Lipinski definition) is 1. The second-order valence-corrected chi connectivity index (χ2v) is 7.10. The first-order valence-electron chi connectivity index (χ1n) is 9.60. The number of carboxylic acid groups (broad SMARTS) is 1. The molecular formula is C21H17F3N4O4. The van der Waals surface area contributed by atoms with Crippen LogP contribution in [-0.4, -0.2) is 63.1 Å². The standard InChI is InChI=1S/C21H17F3N4O4/c22-21(23,24)14-2-6-18(25-12-14)32-15-3-5-16-13(11-15)1-4-17(26-16)19(29)27-7-9-28(10-8-27)20(30)31/h1-6,11-12H,7-10H2,(H,30,31). The van der Waals surface area contributed by atoms with Crippen molar-refractivity contribution >= 4 is 22.9 Å². The van der Waals surface area contributed by atoms with Gasteiger partial charge in [-0.1, -0.05) is 6.07 Å². The molecule has 2 aromatic heterocycles. The van der Waals surface area contributed by atoms with Crippen LogP contribution in [0.25, 0.3) is 10.9 Å². The number of carbonyl (C=O) groups excluding carboxylic acids is 1. The minimum atomic E-state index is -4.47. The zero-order valence-corrected chi connectivity index (χ0v) is 16.5. The molecule has 0 radical (unpaired) electrons. The van der Waals surface area contributed by atoms with Crippen molar-refractivity contribution in [2.45, 2.75) is 6.18 Å². The SMILES string of the molecule is O=C(O)N1CCN(C(=O)c2ccc3cc(Oc4ccc(C(F)(F)F)cn4)ccc3n2)CC1. The van der Waals surface area contributed by atoms with E-state index in [0.717, 1.165) is 12.1 Å². The fraction of sp³-hybridized carbons (Fsp3) is 0.238. The fourth-order valence-electron chi connectivity index (χ4n) is 3.28. The molecule has 0 bridgehead atoms. The van der Waals surface area contributed by atoms with Gasteiger partial charge in [-0.25, -0.2) is 14.8 Å². The first-order chi connectivity index (χ1) is 15.2. The van der Waals surface area contributed by atoms with Gasteiger partial charge in [-0.2, -0.15) is 13.2 Å². The number of nitrogens with zero attached hydrogens (tertiary/aromatic N) is 4. The van der Waals surface area contributed by atoms with E-state index in [1.807, 2.05) is 0 Å². The molecule has 166 valence electrons. The highest BCUT2D eigenvalue weighted by atomic mass is 19.4. The van der Waals surface area contributed by atoms with Crippen molar-refractivity contribution < 1.29 is 32.6 Å². The van der Waals surface area contributed by atoms with Gasteiger partial charge in [-0.3, -0.25) is 4.79 Å². The summed E-state index contributed by atoms with van der Waals surface area (Å²) in [5.74, 6) is 0.0826. The Hall–Kier alpha value is -3.89. The van der Waals surface area contributed by atoms with Crippen molar-refractivity contribution in [2.75, 3.05) is 26.2 Å². The molecule has 0 saturated carbocycles. The maximum absolute atomic E-state index is 12.7. The summed E-state index contributed by atoms with van der Waals surface area (Å²) in [5, 5.41) is 9.68. The van der Waals surface area contributed by atoms with Gasteiger partial charge in [0.1, 0.15) is 11.4 Å². The molecule has 0 atom stereocenters. The van der Waals surface area contributed by atoms with Crippen LogP contribution in [0.2, 0.25) is 0 Å². The Balaban J connectivity index is 1.46. The van der Waals surface area contributed by atoms with Gasteiger partial charge in [0.15, 0.2) is 0 Å². The maximum atomic E-state index is 12.7. The average Bonchev–Trinajstić information content (AvgIpc) is 2.78. The summed E-state index contributed by atoms with van der Waals surface area (Å²) in [6.07, 6.45) is -4.78. The molecule has 1 aromatic carbocycles. The summed E-state index contributed by atoms with van der Waals surface area (Å²) in [4.78, 5) is 34.6. The Morgan fingerprint density at radius 2 is 1.69 bits per heavy atom. The van der Waals surface area contributed by atoms with Crippen LogP contribution in [0.4, 0.5) is 18.0 Å². The van der Waals surface area contributed by atoms with Crippen molar-refractivity contribution in [3.8, 4) is 11.6 Å². The van der Waals surface area contributed by atoms with Gasteiger partial charge in [0.05, 0.1) is 11.1 Å². The van der Waals surface area contributed by atoms with Crippen LogP contribution < -0.4 is 4.74 Å². The highest BCUT2D eigenvalue weighted by Crippen LogP contribution is 2.30. The zero-order chi connectivity index (χ0) is 22.9. The number of fused-ring (bicyclic) bond motifs is 1. The summed E-state index contributed by atoms with van der Waals surface area (Å²) in [6, 6.07) is 10.1. The number of halogens is 3. The lowest BCUT2D eigenvalue weighted by Gasteiger charge is -2.32. The van der Waals surface area contributed by atoms with E-state index in [-0.39, 0.29) is 43.7 Å². The summed E-state index contributed by atoms with van der Waals surface area (Å²) in [6.45, 7) is 1.07. The van der Waals surface area contributed by atoms with E-state index in [1.54, 1.807) is 35.2 Å². The number of alkyl halides is 3. The van der Waals surface area contributed by atoms with Gasteiger partial charge < -0.3 is 19.6 Å². The molecule has 1 N–H and O–H groups in total. The normalized spacial score (nSPS) is 14.5. The largest absolute Gasteiger partial charge is 0.465 e. The first kappa shape index (κ1) is 21.3. The molecule has 1 aliphatic heterocycles. The van der Waals surface area contributed by atoms with E-state index in [4.69, 9.17) is 9.84 Å². The molecule has 8 nitrogen and oxygen atoms in total. The van der Waals surface area contributed by atoms with Crippen LogP contribution in [-0.2, 0) is 6.18 Å². The van der Waals surface area contributed by atoms with Crippen LogP contribution >= 0.6 is 0 Å². The molecule has 1 saturated heterocycles. The lowest BCUT2D eigenvalue weighted by Crippen LogP contribution is -2.50. The lowest BCUT2D eigenvalue weighted by atomic mass is 10.1. The van der Waals surface area contributed by atoms with Crippen LogP contribution in [0, 0.1) is 0 Å². The first-order valence-corrected chi connectivity index (χ1v) is 9.60. The van der Waals surface area contributed by atoms with Crippen LogP contribution in [0.3, 0.4) is 0 Å². The van der Waals surface area contributed by atoms with Crippen LogP contribution in [0.15, 0.2) is 48.7 Å². The van der Waals surface area contributed by atoms with Gasteiger partial charge in [0.25, 0.3) is 5.91 Å². The van der Waals surface area contributed by atoms with Crippen molar-refractivity contribution in [1.29, 1.82) is 0 Å². The summed E-state index contributed by atoms with van der Waals surface area (Å²) in [5.41, 5.74) is -0.0961. The number of benzene rings is 1. The number of aromatic nitrogens is 2. The molecule has 3 aromatic rings. The van der Waals surface area contributed by atoms with E-state index in [9.17, 15) is 22.8 Å². The number of ether oxygens (including phenoxy) is 1. The molecule has 0 spiro atoms. The van der Waals surface area contributed by atoms with Crippen molar-refractivity contribution in [3.63, 3.8) is 0 Å². The van der Waals surface area contributed by atoms with Gasteiger partial charge >= 0.3 is 12.3 Å². The van der Waals surface area contributed by atoms with Gasteiger partial charge in [0, 0.05) is 43.8 Å². The number of pyridine rings is 2. The van der Waals surface area contributed by atoms with Gasteiger partial charge in [0.2, 0.25) is 5.88 Å². The minimum Gasteiger partial charge on any atom is -0.465 e. The minimum absolute atomic E-state index is 0.0117. The molecule has 3 heterocycles. The zero-order valence-electron chi connectivity index (χ0n) is 16.5. The number of amides is 2. The Labute approximate surface area is 179 Å². The molecule has 32 heavy (non-hydrogen) atoms. The van der Waals surface area contributed by atoms with Crippen LogP contribution in [0.5, 0.6) is 11.6 Å². The molecule has 4 rings (SSSR count). The molecular weight excluding hydrogens is 429 g/mol. The highest BCUT2D eigenvalue weighted by Gasteiger charge is 2.30.